The lowest BCUT2D eigenvalue weighted by atomic mass is 10.1. The van der Waals surface area contributed by atoms with E-state index in [9.17, 15) is 0 Å². The van der Waals surface area contributed by atoms with Gasteiger partial charge in [0.05, 0.1) is 5.76 Å². The van der Waals surface area contributed by atoms with Crippen LogP contribution >= 0.6 is 0 Å². The molecule has 11 heavy (non-hydrogen) atoms. The smallest absolute Gasteiger partial charge is 0.0895 e. The van der Waals surface area contributed by atoms with Crippen LogP contribution in [-0.2, 0) is 0 Å². The summed E-state index contributed by atoms with van der Waals surface area (Å²) >= 11 is 0. The molecule has 2 heteroatoms. The van der Waals surface area contributed by atoms with Crippen molar-refractivity contribution in [1.29, 1.82) is 0 Å². The molecule has 1 unspecified atom stereocenters. The Bertz CT molecular complexity index is 144. The number of nitrogens with zero attached hydrogens (tertiary/aromatic N) is 1. The highest BCUT2D eigenvalue weighted by molar-refractivity contribution is 4.94. The first-order valence-corrected chi connectivity index (χ1v) is 4.34. The van der Waals surface area contributed by atoms with Crippen molar-refractivity contribution in [3.63, 3.8) is 0 Å². The molecule has 1 aliphatic rings. The Morgan fingerprint density at radius 1 is 1.73 bits per heavy atom. The van der Waals surface area contributed by atoms with E-state index >= 15 is 0 Å². The SMILES string of the molecule is C=C(O)C1CCN(CCC)C1. The summed E-state index contributed by atoms with van der Waals surface area (Å²) in [6, 6.07) is 0. The third-order valence-electron chi connectivity index (χ3n) is 2.28. The van der Waals surface area contributed by atoms with Crippen LogP contribution in [0.15, 0.2) is 12.3 Å². The van der Waals surface area contributed by atoms with Gasteiger partial charge in [0.25, 0.3) is 0 Å². The largest absolute Gasteiger partial charge is 0.513 e. The minimum absolute atomic E-state index is 0.335. The third kappa shape index (κ3) is 2.22. The van der Waals surface area contributed by atoms with Crippen molar-refractivity contribution in [2.24, 2.45) is 5.92 Å². The molecule has 0 amide bonds. The van der Waals surface area contributed by atoms with Gasteiger partial charge in [0.2, 0.25) is 0 Å². The molecular weight excluding hydrogens is 138 g/mol. The topological polar surface area (TPSA) is 23.5 Å². The maximum atomic E-state index is 9.12. The minimum atomic E-state index is 0.335. The molecule has 0 aromatic carbocycles. The van der Waals surface area contributed by atoms with Crippen molar-refractivity contribution in [3.8, 4) is 0 Å². The molecule has 0 spiro atoms. The van der Waals surface area contributed by atoms with Crippen LogP contribution in [-0.4, -0.2) is 29.6 Å². The fraction of sp³-hybridized carbons (Fsp3) is 0.778. The van der Waals surface area contributed by atoms with E-state index in [4.69, 9.17) is 5.11 Å². The van der Waals surface area contributed by atoms with Gasteiger partial charge in [0.1, 0.15) is 0 Å². The van der Waals surface area contributed by atoms with Crippen molar-refractivity contribution < 1.29 is 5.11 Å². The van der Waals surface area contributed by atoms with Crippen molar-refractivity contribution in [2.75, 3.05) is 19.6 Å². The van der Waals surface area contributed by atoms with Gasteiger partial charge in [-0.2, -0.15) is 0 Å². The zero-order valence-electron chi connectivity index (χ0n) is 7.21. The first-order valence-electron chi connectivity index (χ1n) is 4.34. The van der Waals surface area contributed by atoms with E-state index < -0.39 is 0 Å². The zero-order valence-corrected chi connectivity index (χ0v) is 7.21. The lowest BCUT2D eigenvalue weighted by Gasteiger charge is -2.13. The molecule has 0 aromatic rings. The predicted molar refractivity (Wildman–Crippen MR) is 46.6 cm³/mol. The number of aliphatic hydroxyl groups is 1. The van der Waals surface area contributed by atoms with Gasteiger partial charge >= 0.3 is 0 Å². The van der Waals surface area contributed by atoms with E-state index in [2.05, 4.69) is 18.4 Å². The third-order valence-corrected chi connectivity index (χ3v) is 2.28. The van der Waals surface area contributed by atoms with E-state index in [1.54, 1.807) is 0 Å². The molecule has 1 heterocycles. The molecule has 1 aliphatic heterocycles. The van der Waals surface area contributed by atoms with Crippen molar-refractivity contribution in [1.82, 2.24) is 4.90 Å². The molecule has 1 N–H and O–H groups in total. The predicted octanol–water partition coefficient (Wildman–Crippen LogP) is 1.79. The average molecular weight is 155 g/mol. The van der Waals surface area contributed by atoms with Crippen LogP contribution in [0.5, 0.6) is 0 Å². The summed E-state index contributed by atoms with van der Waals surface area (Å²) in [5.41, 5.74) is 0. The Hall–Kier alpha value is -0.500. The van der Waals surface area contributed by atoms with E-state index in [-0.39, 0.29) is 0 Å². The molecule has 1 saturated heterocycles. The molecule has 0 radical (unpaired) electrons. The van der Waals surface area contributed by atoms with E-state index in [0.717, 1.165) is 26.1 Å². The lowest BCUT2D eigenvalue weighted by molar-refractivity contribution is 0.298. The van der Waals surface area contributed by atoms with Crippen molar-refractivity contribution in [2.45, 2.75) is 19.8 Å². The van der Waals surface area contributed by atoms with Gasteiger partial charge in [0.15, 0.2) is 0 Å². The highest BCUT2D eigenvalue weighted by atomic mass is 16.3. The first-order chi connectivity index (χ1) is 5.24. The van der Waals surface area contributed by atoms with Gasteiger partial charge < -0.3 is 10.0 Å². The molecular formula is C9H17NO. The molecule has 1 fully saturated rings. The molecule has 0 aliphatic carbocycles. The monoisotopic (exact) mass is 155 g/mol. The maximum absolute atomic E-state index is 9.12. The summed E-state index contributed by atoms with van der Waals surface area (Å²) in [6.45, 7) is 9.03. The second-order valence-corrected chi connectivity index (χ2v) is 3.28. The van der Waals surface area contributed by atoms with E-state index in [0.29, 0.717) is 11.7 Å². The fourth-order valence-electron chi connectivity index (χ4n) is 1.62. The van der Waals surface area contributed by atoms with Gasteiger partial charge in [-0.25, -0.2) is 0 Å². The molecule has 1 atom stereocenters. The number of hydrogen-bond donors (Lipinski definition) is 1. The van der Waals surface area contributed by atoms with Gasteiger partial charge in [-0.05, 0) is 25.9 Å². The Morgan fingerprint density at radius 2 is 2.45 bits per heavy atom. The molecule has 0 bridgehead atoms. The van der Waals surface area contributed by atoms with Crippen LogP contribution in [0.2, 0.25) is 0 Å². The normalized spacial score (nSPS) is 25.7. The Labute approximate surface area is 68.5 Å². The van der Waals surface area contributed by atoms with Crippen LogP contribution in [0.4, 0.5) is 0 Å². The van der Waals surface area contributed by atoms with Crippen LogP contribution < -0.4 is 0 Å². The fourth-order valence-corrected chi connectivity index (χ4v) is 1.62. The Balaban J connectivity index is 2.29. The van der Waals surface area contributed by atoms with Crippen LogP contribution in [0.3, 0.4) is 0 Å². The second kappa shape index (κ2) is 3.77. The first kappa shape index (κ1) is 8.60. The van der Waals surface area contributed by atoms with E-state index in [1.165, 1.54) is 6.42 Å². The number of rotatable bonds is 3. The summed E-state index contributed by atoms with van der Waals surface area (Å²) in [6.07, 6.45) is 2.28. The maximum Gasteiger partial charge on any atom is 0.0895 e. The summed E-state index contributed by atoms with van der Waals surface area (Å²) in [7, 11) is 0. The number of likely N-dealkylation sites (tertiary alicyclic amines) is 1. The van der Waals surface area contributed by atoms with Gasteiger partial charge in [0, 0.05) is 12.5 Å². The lowest BCUT2D eigenvalue weighted by Crippen LogP contribution is -2.21. The van der Waals surface area contributed by atoms with Crippen LogP contribution in [0, 0.1) is 5.92 Å². The average Bonchev–Trinajstić information content (AvgIpc) is 2.37. The van der Waals surface area contributed by atoms with E-state index in [1.807, 2.05) is 0 Å². The second-order valence-electron chi connectivity index (χ2n) is 3.28. The number of aliphatic hydroxyl groups excluding tert-OH is 1. The van der Waals surface area contributed by atoms with Gasteiger partial charge in [-0.1, -0.05) is 13.5 Å². The van der Waals surface area contributed by atoms with Crippen molar-refractivity contribution >= 4 is 0 Å². The zero-order chi connectivity index (χ0) is 8.27. The van der Waals surface area contributed by atoms with Gasteiger partial charge in [-0.3, -0.25) is 0 Å². The Kier molecular flexibility index (Phi) is 2.94. The summed E-state index contributed by atoms with van der Waals surface area (Å²) < 4.78 is 0. The van der Waals surface area contributed by atoms with Crippen LogP contribution in [0.25, 0.3) is 0 Å². The highest BCUT2D eigenvalue weighted by Crippen LogP contribution is 2.20. The Morgan fingerprint density at radius 3 is 2.91 bits per heavy atom. The van der Waals surface area contributed by atoms with Gasteiger partial charge in [-0.15, -0.1) is 0 Å². The van der Waals surface area contributed by atoms with Crippen molar-refractivity contribution in [3.05, 3.63) is 12.3 Å². The number of hydrogen-bond acceptors (Lipinski definition) is 2. The molecule has 0 aromatic heterocycles. The minimum Gasteiger partial charge on any atom is -0.513 e. The molecule has 64 valence electrons. The molecule has 1 rings (SSSR count). The standard InChI is InChI=1S/C9H17NO/c1-3-5-10-6-4-9(7-10)8(2)11/h9,11H,2-7H2,1H3. The summed E-state index contributed by atoms with van der Waals surface area (Å²) in [4.78, 5) is 2.38. The molecule has 2 nitrogen and oxygen atoms in total. The van der Waals surface area contributed by atoms with Crippen LogP contribution in [0.1, 0.15) is 19.8 Å². The highest BCUT2D eigenvalue weighted by Gasteiger charge is 2.23. The molecule has 0 saturated carbocycles. The quantitative estimate of drug-likeness (QED) is 0.628. The summed E-state index contributed by atoms with van der Waals surface area (Å²) in [5, 5.41) is 9.12. The summed E-state index contributed by atoms with van der Waals surface area (Å²) in [5.74, 6) is 0.699.